The molecular formula is C20H32N2O5S. The van der Waals surface area contributed by atoms with Gasteiger partial charge in [0.1, 0.15) is 5.75 Å². The van der Waals surface area contributed by atoms with Crippen LogP contribution in [0.1, 0.15) is 51.7 Å². The number of hydrogen-bond acceptors (Lipinski definition) is 5. The number of carbonyl (C=O) groups is 1. The van der Waals surface area contributed by atoms with Gasteiger partial charge in [0.2, 0.25) is 16.4 Å². The Hall–Kier alpha value is -1.64. The molecule has 0 spiro atoms. The van der Waals surface area contributed by atoms with E-state index in [2.05, 4.69) is 0 Å². The van der Waals surface area contributed by atoms with Gasteiger partial charge >= 0.3 is 0 Å². The number of carbonyl (C=O) groups excluding carboxylic acids is 1. The Morgan fingerprint density at radius 2 is 2.04 bits per heavy atom. The van der Waals surface area contributed by atoms with Gasteiger partial charge in [-0.15, -0.1) is 0 Å². The Morgan fingerprint density at radius 3 is 2.64 bits per heavy atom. The van der Waals surface area contributed by atoms with Crippen LogP contribution < -0.4 is 4.74 Å². The molecule has 1 aromatic carbocycles. The molecule has 0 radical (unpaired) electrons. The lowest BCUT2D eigenvalue weighted by atomic mass is 9.88. The fourth-order valence-electron chi connectivity index (χ4n) is 3.42. The molecule has 0 aliphatic carbocycles. The van der Waals surface area contributed by atoms with Gasteiger partial charge in [0.15, 0.2) is 0 Å². The first kappa shape index (κ1) is 22.6. The smallest absolute Gasteiger partial charge is 0.233 e. The summed E-state index contributed by atoms with van der Waals surface area (Å²) in [5.41, 5.74) is 1.83. The molecule has 0 aromatic heterocycles. The van der Waals surface area contributed by atoms with Gasteiger partial charge < -0.3 is 4.74 Å². The quantitative estimate of drug-likeness (QED) is 0.383. The van der Waals surface area contributed by atoms with E-state index in [1.807, 2.05) is 45.9 Å². The molecule has 1 heterocycles. The summed E-state index contributed by atoms with van der Waals surface area (Å²) in [4.78, 5) is 11.0. The van der Waals surface area contributed by atoms with Crippen LogP contribution in [-0.4, -0.2) is 54.3 Å². The lowest BCUT2D eigenvalue weighted by molar-refractivity contribution is -0.160. The average Bonchev–Trinajstić information content (AvgIpc) is 2.63. The number of ether oxygens (including phenoxy) is 1. The van der Waals surface area contributed by atoms with Gasteiger partial charge in [0.05, 0.1) is 18.4 Å². The average molecular weight is 413 g/mol. The van der Waals surface area contributed by atoms with E-state index < -0.39 is 16.1 Å². The zero-order chi connectivity index (χ0) is 20.9. The number of nitrogens with zero attached hydrogens (tertiary/aromatic N) is 2. The van der Waals surface area contributed by atoms with E-state index >= 15 is 0 Å². The number of amides is 1. The summed E-state index contributed by atoms with van der Waals surface area (Å²) >= 11 is 0. The first-order chi connectivity index (χ1) is 13.1. The van der Waals surface area contributed by atoms with Crippen LogP contribution in [0.4, 0.5) is 0 Å². The van der Waals surface area contributed by atoms with Crippen molar-refractivity contribution in [3.8, 4) is 5.75 Å². The molecule has 1 atom stereocenters. The molecule has 1 aliphatic heterocycles. The van der Waals surface area contributed by atoms with Crippen molar-refractivity contribution in [2.75, 3.05) is 18.9 Å². The number of hydrogen-bond donors (Lipinski definition) is 1. The third-order valence-electron chi connectivity index (χ3n) is 4.75. The molecule has 0 bridgehead atoms. The second-order valence-corrected chi connectivity index (χ2v) is 10.6. The molecule has 1 N–H and O–H groups in total. The minimum absolute atomic E-state index is 0.232. The molecule has 1 amide bonds. The minimum atomic E-state index is -3.65. The van der Waals surface area contributed by atoms with E-state index in [0.717, 1.165) is 23.3 Å². The van der Waals surface area contributed by atoms with E-state index in [9.17, 15) is 18.4 Å². The third kappa shape index (κ3) is 6.18. The first-order valence-electron chi connectivity index (χ1n) is 9.70. The topological polar surface area (TPSA) is 87.2 Å². The molecule has 7 nitrogen and oxygen atoms in total. The molecule has 0 fully saturated rings. The Kier molecular flexibility index (Phi) is 7.47. The lowest BCUT2D eigenvalue weighted by Gasteiger charge is -2.33. The summed E-state index contributed by atoms with van der Waals surface area (Å²) in [6.45, 7) is 9.15. The van der Waals surface area contributed by atoms with Crippen molar-refractivity contribution in [1.82, 2.24) is 9.37 Å². The third-order valence-corrected chi connectivity index (χ3v) is 6.66. The van der Waals surface area contributed by atoms with Gasteiger partial charge in [-0.05, 0) is 47.9 Å². The maximum absolute atomic E-state index is 13.0. The van der Waals surface area contributed by atoms with Crippen molar-refractivity contribution >= 4 is 16.4 Å². The van der Waals surface area contributed by atoms with Crippen LogP contribution >= 0.6 is 0 Å². The van der Waals surface area contributed by atoms with E-state index in [1.54, 1.807) is 0 Å². The van der Waals surface area contributed by atoms with E-state index in [4.69, 9.17) is 4.74 Å². The highest BCUT2D eigenvalue weighted by atomic mass is 32.2. The van der Waals surface area contributed by atoms with Crippen molar-refractivity contribution in [2.45, 2.75) is 59.5 Å². The molecule has 28 heavy (non-hydrogen) atoms. The molecule has 2 rings (SSSR count). The zero-order valence-corrected chi connectivity index (χ0v) is 18.0. The Balaban J connectivity index is 2.16. The molecule has 158 valence electrons. The van der Waals surface area contributed by atoms with Gasteiger partial charge in [-0.3, -0.25) is 10.0 Å². The Labute approximate surface area is 168 Å². The second-order valence-electron chi connectivity index (χ2n) is 8.55. The summed E-state index contributed by atoms with van der Waals surface area (Å²) in [6.07, 6.45) is 2.18. The predicted molar refractivity (Wildman–Crippen MR) is 108 cm³/mol. The molecular weight excluding hydrogens is 380 g/mol. The molecule has 1 aliphatic rings. The van der Waals surface area contributed by atoms with Crippen molar-refractivity contribution < 1.29 is 23.2 Å². The van der Waals surface area contributed by atoms with Gasteiger partial charge in [-0.2, -0.15) is 4.31 Å². The highest BCUT2D eigenvalue weighted by molar-refractivity contribution is 7.89. The van der Waals surface area contributed by atoms with Crippen LogP contribution in [0, 0.1) is 5.41 Å². The summed E-state index contributed by atoms with van der Waals surface area (Å²) in [5, 5.41) is 10.4. The fourth-order valence-corrected chi connectivity index (χ4v) is 5.10. The van der Waals surface area contributed by atoms with Crippen LogP contribution in [-0.2, 0) is 27.8 Å². The predicted octanol–water partition coefficient (Wildman–Crippen LogP) is 2.82. The molecule has 1 aromatic rings. The summed E-state index contributed by atoms with van der Waals surface area (Å²) in [7, 11) is -3.65. The zero-order valence-electron chi connectivity index (χ0n) is 17.2. The highest BCUT2D eigenvalue weighted by Crippen LogP contribution is 2.28. The van der Waals surface area contributed by atoms with Crippen LogP contribution in [0.25, 0.3) is 0 Å². The van der Waals surface area contributed by atoms with Crippen LogP contribution in [0.3, 0.4) is 0 Å². The van der Waals surface area contributed by atoms with Crippen molar-refractivity contribution in [2.24, 2.45) is 5.41 Å². The molecule has 1 unspecified atom stereocenters. The van der Waals surface area contributed by atoms with Crippen molar-refractivity contribution in [1.29, 1.82) is 0 Å². The Morgan fingerprint density at radius 1 is 1.32 bits per heavy atom. The molecule has 0 saturated carbocycles. The van der Waals surface area contributed by atoms with Crippen LogP contribution in [0.2, 0.25) is 0 Å². The van der Waals surface area contributed by atoms with Crippen LogP contribution in [0.15, 0.2) is 18.2 Å². The summed E-state index contributed by atoms with van der Waals surface area (Å²) in [6, 6.07) is 5.03. The van der Waals surface area contributed by atoms with E-state index in [0.29, 0.717) is 31.1 Å². The Bertz CT molecular complexity index is 773. The van der Waals surface area contributed by atoms with Gasteiger partial charge in [0, 0.05) is 13.1 Å². The standard InChI is InChI=1S/C20H32N2O5S/c1-5-10-27-19-7-6-16-8-9-21(13-17(16)11-19)28(25,26)14-18(22(24)15-23)12-20(2,3)4/h6-7,11,15,18,24H,5,8-10,12-14H2,1-4H3. The summed E-state index contributed by atoms with van der Waals surface area (Å²) in [5.74, 6) is 0.439. The van der Waals surface area contributed by atoms with Crippen molar-refractivity contribution in [3.63, 3.8) is 0 Å². The first-order valence-corrected chi connectivity index (χ1v) is 11.3. The van der Waals surface area contributed by atoms with Gasteiger partial charge in [-0.25, -0.2) is 13.5 Å². The van der Waals surface area contributed by atoms with E-state index in [1.165, 1.54) is 4.31 Å². The lowest BCUT2D eigenvalue weighted by Crippen LogP contribution is -2.45. The molecule has 0 saturated heterocycles. The van der Waals surface area contributed by atoms with Gasteiger partial charge in [-0.1, -0.05) is 33.8 Å². The number of hydroxylamine groups is 2. The number of sulfonamides is 1. The summed E-state index contributed by atoms with van der Waals surface area (Å²) < 4.78 is 33.1. The second kappa shape index (κ2) is 9.24. The highest BCUT2D eigenvalue weighted by Gasteiger charge is 2.33. The van der Waals surface area contributed by atoms with E-state index in [-0.39, 0.29) is 24.1 Å². The minimum Gasteiger partial charge on any atom is -0.494 e. The molecule has 8 heteroatoms. The van der Waals surface area contributed by atoms with Crippen molar-refractivity contribution in [3.05, 3.63) is 29.3 Å². The monoisotopic (exact) mass is 412 g/mol. The largest absolute Gasteiger partial charge is 0.494 e. The number of rotatable bonds is 9. The number of benzene rings is 1. The maximum atomic E-state index is 13.0. The van der Waals surface area contributed by atoms with Crippen LogP contribution in [0.5, 0.6) is 5.75 Å². The SMILES string of the molecule is CCCOc1ccc2c(c1)CN(S(=O)(=O)CC(CC(C)(C)C)N(O)C=O)CC2. The maximum Gasteiger partial charge on any atom is 0.233 e. The number of fused-ring (bicyclic) bond motifs is 1. The normalized spacial score (nSPS) is 16.3. The van der Waals surface area contributed by atoms with Gasteiger partial charge in [0.25, 0.3) is 0 Å². The fraction of sp³-hybridized carbons (Fsp3) is 0.650.